The number of halogens is 3. The number of methoxy groups -OCH3 is 1. The molecule has 0 unspecified atom stereocenters. The van der Waals surface area contributed by atoms with Gasteiger partial charge in [0.15, 0.2) is 11.5 Å². The molecular formula is C28H25F3N8O. The van der Waals surface area contributed by atoms with E-state index in [4.69, 9.17) is 19.8 Å². The summed E-state index contributed by atoms with van der Waals surface area (Å²) in [4.78, 5) is 22.3. The topological polar surface area (TPSA) is 96.4 Å². The van der Waals surface area contributed by atoms with E-state index in [0.717, 1.165) is 65.4 Å². The van der Waals surface area contributed by atoms with E-state index in [9.17, 15) is 13.2 Å². The van der Waals surface area contributed by atoms with Gasteiger partial charge >= 0.3 is 6.18 Å². The third-order valence-electron chi connectivity index (χ3n) is 7.38. The van der Waals surface area contributed by atoms with Crippen LogP contribution in [0.3, 0.4) is 0 Å². The molecule has 4 heterocycles. The summed E-state index contributed by atoms with van der Waals surface area (Å²) in [5, 5.41) is 4.93. The lowest BCUT2D eigenvalue weighted by Gasteiger charge is -2.10. The second kappa shape index (κ2) is 9.10. The molecule has 0 N–H and O–H groups in total. The van der Waals surface area contributed by atoms with Crippen molar-refractivity contribution in [1.29, 1.82) is 0 Å². The van der Waals surface area contributed by atoms with Crippen molar-refractivity contribution in [3.63, 3.8) is 0 Å². The van der Waals surface area contributed by atoms with E-state index in [0.29, 0.717) is 35.6 Å². The van der Waals surface area contributed by atoms with Crippen molar-refractivity contribution >= 4 is 11.0 Å². The van der Waals surface area contributed by atoms with E-state index in [1.165, 1.54) is 10.9 Å². The lowest BCUT2D eigenvalue weighted by molar-refractivity contribution is -0.140. The predicted molar refractivity (Wildman–Crippen MR) is 140 cm³/mol. The molecule has 0 aliphatic heterocycles. The number of nitrogens with zero attached hydrogens (tertiary/aromatic N) is 8. The summed E-state index contributed by atoms with van der Waals surface area (Å²) in [6.07, 6.45) is 4.58. The Kier molecular flexibility index (Phi) is 5.62. The third kappa shape index (κ3) is 4.37. The summed E-state index contributed by atoms with van der Waals surface area (Å²) < 4.78 is 48.3. The molecule has 4 aromatic heterocycles. The summed E-state index contributed by atoms with van der Waals surface area (Å²) in [6, 6.07) is 7.68. The number of aryl methyl sites for hydroxylation is 1. The standard InChI is InChI=1S/C28H25F3N8O/c1-38-13-21(28(29,30)31)35-26(38)17-5-3-15(4-6-17)11-19-24-20(39(37-19)18-9-10-18)12-32-25(36-24)22-23(16-7-8-16)33-14-34-27(22)40-2/h3-6,12-14,16,18H,7-11H2,1-2H3. The number of ether oxygens (including phenoxy) is 1. The summed E-state index contributed by atoms with van der Waals surface area (Å²) >= 11 is 0. The van der Waals surface area contributed by atoms with Crippen LogP contribution < -0.4 is 4.74 Å². The second-order valence-electron chi connectivity index (χ2n) is 10.4. The molecule has 2 aliphatic carbocycles. The molecule has 0 atom stereocenters. The molecular weight excluding hydrogens is 521 g/mol. The van der Waals surface area contributed by atoms with Gasteiger partial charge in [-0.25, -0.2) is 24.9 Å². The zero-order chi connectivity index (χ0) is 27.6. The lowest BCUT2D eigenvalue weighted by Crippen LogP contribution is -2.04. The van der Waals surface area contributed by atoms with Crippen LogP contribution in [0, 0.1) is 0 Å². The fourth-order valence-corrected chi connectivity index (χ4v) is 5.07. The maximum Gasteiger partial charge on any atom is 0.434 e. The molecule has 0 spiro atoms. The molecule has 1 aromatic carbocycles. The highest BCUT2D eigenvalue weighted by atomic mass is 19.4. The summed E-state index contributed by atoms with van der Waals surface area (Å²) in [5.74, 6) is 1.56. The number of benzene rings is 1. The molecule has 7 rings (SSSR count). The van der Waals surface area contributed by atoms with Crippen molar-refractivity contribution in [3.8, 4) is 28.7 Å². The highest BCUT2D eigenvalue weighted by Crippen LogP contribution is 2.45. The molecule has 0 amide bonds. The average molecular weight is 547 g/mol. The lowest BCUT2D eigenvalue weighted by atomic mass is 10.1. The smallest absolute Gasteiger partial charge is 0.434 e. The first-order valence-electron chi connectivity index (χ1n) is 13.1. The Bertz CT molecular complexity index is 1730. The molecule has 12 heteroatoms. The minimum absolute atomic E-state index is 0.255. The van der Waals surface area contributed by atoms with Crippen molar-refractivity contribution in [1.82, 2.24) is 39.3 Å². The third-order valence-corrected chi connectivity index (χ3v) is 7.38. The van der Waals surface area contributed by atoms with Gasteiger partial charge < -0.3 is 9.30 Å². The van der Waals surface area contributed by atoms with Crippen LogP contribution in [0.4, 0.5) is 13.2 Å². The van der Waals surface area contributed by atoms with E-state index in [2.05, 4.69) is 15.0 Å². The first-order chi connectivity index (χ1) is 19.3. The van der Waals surface area contributed by atoms with Gasteiger partial charge in [0, 0.05) is 31.1 Å². The van der Waals surface area contributed by atoms with Crippen LogP contribution in [0.2, 0.25) is 0 Å². The first kappa shape index (κ1) is 24.7. The van der Waals surface area contributed by atoms with E-state index < -0.39 is 11.9 Å². The van der Waals surface area contributed by atoms with Crippen molar-refractivity contribution in [2.75, 3.05) is 7.11 Å². The number of imidazole rings is 1. The number of aromatic nitrogens is 8. The number of fused-ring (bicyclic) bond motifs is 1. The van der Waals surface area contributed by atoms with Gasteiger partial charge in [-0.1, -0.05) is 24.3 Å². The molecule has 2 saturated carbocycles. The maximum atomic E-state index is 13.1. The molecule has 0 saturated heterocycles. The molecule has 2 fully saturated rings. The van der Waals surface area contributed by atoms with Crippen LogP contribution in [-0.2, 0) is 19.6 Å². The van der Waals surface area contributed by atoms with Crippen LogP contribution in [0.1, 0.15) is 60.3 Å². The van der Waals surface area contributed by atoms with E-state index in [1.54, 1.807) is 26.3 Å². The van der Waals surface area contributed by atoms with Gasteiger partial charge in [-0.05, 0) is 31.2 Å². The zero-order valence-corrected chi connectivity index (χ0v) is 21.9. The second-order valence-corrected chi connectivity index (χ2v) is 10.4. The summed E-state index contributed by atoms with van der Waals surface area (Å²) in [5.41, 5.74) is 4.70. The minimum Gasteiger partial charge on any atom is -0.480 e. The van der Waals surface area contributed by atoms with Crippen LogP contribution in [0.5, 0.6) is 5.88 Å². The van der Waals surface area contributed by atoms with Gasteiger partial charge in [0.1, 0.15) is 28.7 Å². The van der Waals surface area contributed by atoms with Crippen LogP contribution in [0.15, 0.2) is 43.0 Å². The van der Waals surface area contributed by atoms with Gasteiger partial charge in [0.25, 0.3) is 0 Å². The van der Waals surface area contributed by atoms with Gasteiger partial charge in [-0.15, -0.1) is 0 Å². The Labute approximate surface area is 227 Å². The number of hydrogen-bond donors (Lipinski definition) is 0. The van der Waals surface area contributed by atoms with Crippen molar-refractivity contribution in [2.24, 2.45) is 7.05 Å². The summed E-state index contributed by atoms with van der Waals surface area (Å²) in [6.45, 7) is 0. The Morgan fingerprint density at radius 1 is 1.00 bits per heavy atom. The maximum absolute atomic E-state index is 13.1. The van der Waals surface area contributed by atoms with Gasteiger partial charge in [-0.3, -0.25) is 4.68 Å². The highest BCUT2D eigenvalue weighted by Gasteiger charge is 2.35. The average Bonchev–Trinajstić information content (AvgIpc) is 3.88. The fourth-order valence-electron chi connectivity index (χ4n) is 5.07. The fraction of sp³-hybridized carbons (Fsp3) is 0.357. The van der Waals surface area contributed by atoms with Gasteiger partial charge in [0.05, 0.1) is 30.7 Å². The first-order valence-corrected chi connectivity index (χ1v) is 13.1. The van der Waals surface area contributed by atoms with Gasteiger partial charge in [0.2, 0.25) is 5.88 Å². The van der Waals surface area contributed by atoms with E-state index in [1.807, 2.05) is 23.0 Å². The molecule has 204 valence electrons. The van der Waals surface area contributed by atoms with Crippen LogP contribution >= 0.6 is 0 Å². The quantitative estimate of drug-likeness (QED) is 0.265. The van der Waals surface area contributed by atoms with Crippen molar-refractivity contribution in [3.05, 3.63) is 65.6 Å². The normalized spacial score (nSPS) is 15.6. The Morgan fingerprint density at radius 2 is 1.77 bits per heavy atom. The largest absolute Gasteiger partial charge is 0.480 e. The van der Waals surface area contributed by atoms with E-state index in [-0.39, 0.29) is 5.82 Å². The number of hydrogen-bond acceptors (Lipinski definition) is 7. The number of alkyl halides is 3. The zero-order valence-electron chi connectivity index (χ0n) is 21.9. The minimum atomic E-state index is -4.49. The SMILES string of the molecule is COc1ncnc(C2CC2)c1-c1ncc2c(n1)c(Cc1ccc(-c3nc(C(F)(F)F)cn3C)cc1)nn2C1CC1. The predicted octanol–water partition coefficient (Wildman–Crippen LogP) is 5.51. The molecule has 5 aromatic rings. The molecule has 40 heavy (non-hydrogen) atoms. The van der Waals surface area contributed by atoms with E-state index >= 15 is 0 Å². The van der Waals surface area contributed by atoms with Crippen molar-refractivity contribution < 1.29 is 17.9 Å². The Balaban J connectivity index is 1.25. The highest BCUT2D eigenvalue weighted by molar-refractivity contribution is 5.81. The van der Waals surface area contributed by atoms with Crippen LogP contribution in [-0.4, -0.2) is 46.4 Å². The molecule has 0 radical (unpaired) electrons. The molecule has 9 nitrogen and oxygen atoms in total. The molecule has 0 bridgehead atoms. The van der Waals surface area contributed by atoms with Crippen LogP contribution in [0.25, 0.3) is 33.8 Å². The van der Waals surface area contributed by atoms with Crippen molar-refractivity contribution in [2.45, 2.75) is 50.2 Å². The van der Waals surface area contributed by atoms with Gasteiger partial charge in [-0.2, -0.15) is 18.3 Å². The summed E-state index contributed by atoms with van der Waals surface area (Å²) in [7, 11) is 3.14. The molecule has 2 aliphatic rings. The Hall–Kier alpha value is -4.35. The Morgan fingerprint density at radius 3 is 2.42 bits per heavy atom. The monoisotopic (exact) mass is 546 g/mol. The number of rotatable bonds is 7.